The van der Waals surface area contributed by atoms with Gasteiger partial charge in [-0.05, 0) is 42.7 Å². The molecule has 1 unspecified atom stereocenters. The summed E-state index contributed by atoms with van der Waals surface area (Å²) >= 11 is 0. The average Bonchev–Trinajstić information content (AvgIpc) is 3.14. The number of rotatable bonds is 4. The lowest BCUT2D eigenvalue weighted by Gasteiger charge is -2.38. The number of carboxylic acid groups (broad SMARTS) is 1. The lowest BCUT2D eigenvalue weighted by molar-refractivity contribution is -0.192. The number of alkyl halides is 3. The van der Waals surface area contributed by atoms with E-state index >= 15 is 0 Å². The number of benzene rings is 2. The van der Waals surface area contributed by atoms with Gasteiger partial charge in [-0.2, -0.15) is 13.2 Å². The van der Waals surface area contributed by atoms with Gasteiger partial charge in [0.05, 0.1) is 12.2 Å². The quantitative estimate of drug-likeness (QED) is 0.680. The predicted molar refractivity (Wildman–Crippen MR) is 109 cm³/mol. The van der Waals surface area contributed by atoms with Crippen LogP contribution in [0.5, 0.6) is 5.75 Å². The van der Waals surface area contributed by atoms with Crippen molar-refractivity contribution in [2.24, 2.45) is 0 Å². The lowest BCUT2D eigenvalue weighted by Crippen LogP contribution is -2.44. The van der Waals surface area contributed by atoms with Gasteiger partial charge < -0.3 is 14.6 Å². The number of hydrogen-bond donors (Lipinski definition) is 1. The van der Waals surface area contributed by atoms with Gasteiger partial charge in [0.25, 0.3) is 0 Å². The highest BCUT2D eigenvalue weighted by Crippen LogP contribution is 2.37. The summed E-state index contributed by atoms with van der Waals surface area (Å²) in [5.41, 5.74) is 1.13. The Morgan fingerprint density at radius 2 is 1.69 bits per heavy atom. The number of piperidine rings is 1. The Morgan fingerprint density at radius 3 is 2.25 bits per heavy atom. The number of carbonyl (C=O) groups is 1. The van der Waals surface area contributed by atoms with Gasteiger partial charge in [-0.15, -0.1) is 0 Å². The number of ether oxygens (including phenoxy) is 2. The second kappa shape index (κ2) is 10.3. The van der Waals surface area contributed by atoms with E-state index in [1.165, 1.54) is 12.1 Å². The van der Waals surface area contributed by atoms with Gasteiger partial charge in [0.15, 0.2) is 0 Å². The molecule has 2 heterocycles. The van der Waals surface area contributed by atoms with Crippen molar-refractivity contribution in [3.63, 3.8) is 0 Å². The maximum absolute atomic E-state index is 13.0. The molecule has 2 fully saturated rings. The Labute approximate surface area is 183 Å². The summed E-state index contributed by atoms with van der Waals surface area (Å²) in [5, 5.41) is 7.12. The minimum Gasteiger partial charge on any atom is -0.488 e. The maximum atomic E-state index is 13.0. The molecule has 0 aliphatic carbocycles. The fourth-order valence-electron chi connectivity index (χ4n) is 3.88. The first-order valence-electron chi connectivity index (χ1n) is 10.3. The van der Waals surface area contributed by atoms with E-state index in [1.54, 1.807) is 0 Å². The SMILES string of the molecule is Fc1ccc(CN2CCC3(CC2)CC(Oc2ccccc2)CO3)cc1.O=C(O)C(F)(F)F. The van der Waals surface area contributed by atoms with E-state index in [9.17, 15) is 17.6 Å². The molecule has 174 valence electrons. The molecule has 2 aromatic carbocycles. The normalized spacial score (nSPS) is 20.4. The highest BCUT2D eigenvalue weighted by Gasteiger charge is 2.43. The predicted octanol–water partition coefficient (Wildman–Crippen LogP) is 4.66. The molecule has 2 aromatic rings. The van der Waals surface area contributed by atoms with Crippen molar-refractivity contribution in [2.75, 3.05) is 19.7 Å². The third-order valence-corrected chi connectivity index (χ3v) is 5.55. The number of aliphatic carboxylic acids is 1. The summed E-state index contributed by atoms with van der Waals surface area (Å²) in [4.78, 5) is 11.3. The third kappa shape index (κ3) is 6.93. The molecule has 0 bridgehead atoms. The smallest absolute Gasteiger partial charge is 0.488 e. The van der Waals surface area contributed by atoms with Gasteiger partial charge >= 0.3 is 12.1 Å². The summed E-state index contributed by atoms with van der Waals surface area (Å²) < 4.78 is 57.0. The molecular formula is C23H25F4NO4. The molecule has 9 heteroatoms. The summed E-state index contributed by atoms with van der Waals surface area (Å²) in [6.45, 7) is 3.57. The zero-order valence-electron chi connectivity index (χ0n) is 17.4. The molecule has 4 rings (SSSR count). The van der Waals surface area contributed by atoms with Crippen LogP contribution in [-0.4, -0.2) is 53.6 Å². The lowest BCUT2D eigenvalue weighted by atomic mass is 9.88. The van der Waals surface area contributed by atoms with Gasteiger partial charge in [0, 0.05) is 26.1 Å². The Kier molecular flexibility index (Phi) is 7.73. The Bertz CT molecular complexity index is 866. The minimum atomic E-state index is -5.08. The number of hydrogen-bond acceptors (Lipinski definition) is 4. The third-order valence-electron chi connectivity index (χ3n) is 5.55. The molecule has 5 nitrogen and oxygen atoms in total. The molecule has 2 aliphatic rings. The maximum Gasteiger partial charge on any atom is 0.490 e. The molecule has 0 radical (unpaired) electrons. The second-order valence-corrected chi connectivity index (χ2v) is 7.96. The van der Waals surface area contributed by atoms with E-state index < -0.39 is 12.1 Å². The standard InChI is InChI=1S/C21H24FNO2.C2HF3O2/c22-18-8-6-17(7-9-18)15-23-12-10-21(11-13-23)14-20(16-24-21)25-19-4-2-1-3-5-19;3-2(4,5)1(6)7/h1-9,20H,10-16H2;(H,6,7). The zero-order valence-corrected chi connectivity index (χ0v) is 17.4. The van der Waals surface area contributed by atoms with Crippen molar-refractivity contribution < 1.29 is 36.9 Å². The zero-order chi connectivity index (χ0) is 23.2. The van der Waals surface area contributed by atoms with Crippen molar-refractivity contribution in [3.05, 3.63) is 66.0 Å². The number of nitrogens with zero attached hydrogens (tertiary/aromatic N) is 1. The van der Waals surface area contributed by atoms with Crippen molar-refractivity contribution in [1.29, 1.82) is 0 Å². The van der Waals surface area contributed by atoms with Gasteiger partial charge in [-0.3, -0.25) is 4.90 Å². The van der Waals surface area contributed by atoms with Crippen molar-refractivity contribution in [1.82, 2.24) is 4.90 Å². The number of halogens is 4. The van der Waals surface area contributed by atoms with Gasteiger partial charge in [-0.1, -0.05) is 30.3 Å². The van der Waals surface area contributed by atoms with Crippen LogP contribution in [0.1, 0.15) is 24.8 Å². The highest BCUT2D eigenvalue weighted by atomic mass is 19.4. The van der Waals surface area contributed by atoms with E-state index in [0.29, 0.717) is 6.61 Å². The Morgan fingerprint density at radius 1 is 1.09 bits per heavy atom. The van der Waals surface area contributed by atoms with E-state index in [2.05, 4.69) is 4.90 Å². The molecule has 1 N–H and O–H groups in total. The molecule has 1 atom stereocenters. The van der Waals surface area contributed by atoms with Crippen molar-refractivity contribution >= 4 is 5.97 Å². The largest absolute Gasteiger partial charge is 0.490 e. The summed E-state index contributed by atoms with van der Waals surface area (Å²) in [7, 11) is 0. The molecule has 1 spiro atoms. The molecular weight excluding hydrogens is 430 g/mol. The first kappa shape index (κ1) is 24.0. The van der Waals surface area contributed by atoms with Crippen molar-refractivity contribution in [3.8, 4) is 5.75 Å². The summed E-state index contributed by atoms with van der Waals surface area (Å²) in [6, 6.07) is 16.8. The minimum absolute atomic E-state index is 0.0290. The van der Waals surface area contributed by atoms with E-state index in [0.717, 1.165) is 50.2 Å². The number of carboxylic acids is 1. The first-order valence-corrected chi connectivity index (χ1v) is 10.3. The summed E-state index contributed by atoms with van der Waals surface area (Å²) in [6.07, 6.45) is -1.91. The van der Waals surface area contributed by atoms with Crippen LogP contribution >= 0.6 is 0 Å². The van der Waals surface area contributed by atoms with Crippen LogP contribution in [0.3, 0.4) is 0 Å². The monoisotopic (exact) mass is 455 g/mol. The van der Waals surface area contributed by atoms with Crippen molar-refractivity contribution in [2.45, 2.75) is 43.7 Å². The number of likely N-dealkylation sites (tertiary alicyclic amines) is 1. The number of para-hydroxylation sites is 1. The topological polar surface area (TPSA) is 59.0 Å². The van der Waals surface area contributed by atoms with Crippen LogP contribution < -0.4 is 4.74 Å². The van der Waals surface area contributed by atoms with E-state index in [-0.39, 0.29) is 17.5 Å². The summed E-state index contributed by atoms with van der Waals surface area (Å²) in [5.74, 6) is -2.01. The average molecular weight is 455 g/mol. The molecule has 0 saturated carbocycles. The fourth-order valence-corrected chi connectivity index (χ4v) is 3.88. The Balaban J connectivity index is 0.000000360. The van der Waals surface area contributed by atoms with Crippen LogP contribution in [-0.2, 0) is 16.1 Å². The van der Waals surface area contributed by atoms with E-state index in [4.69, 9.17) is 19.4 Å². The molecule has 2 saturated heterocycles. The van der Waals surface area contributed by atoms with Crippen LogP contribution in [0.15, 0.2) is 54.6 Å². The van der Waals surface area contributed by atoms with Gasteiger partial charge in [0.1, 0.15) is 17.7 Å². The molecule has 0 aromatic heterocycles. The van der Waals surface area contributed by atoms with E-state index in [1.807, 2.05) is 42.5 Å². The molecule has 32 heavy (non-hydrogen) atoms. The van der Waals surface area contributed by atoms with Crippen LogP contribution in [0.25, 0.3) is 0 Å². The highest BCUT2D eigenvalue weighted by molar-refractivity contribution is 5.73. The van der Waals surface area contributed by atoms with Crippen LogP contribution in [0.4, 0.5) is 17.6 Å². The van der Waals surface area contributed by atoms with Crippen LogP contribution in [0, 0.1) is 5.82 Å². The molecule has 2 aliphatic heterocycles. The second-order valence-electron chi connectivity index (χ2n) is 7.96. The Hall–Kier alpha value is -2.65. The van der Waals surface area contributed by atoms with Crippen LogP contribution in [0.2, 0.25) is 0 Å². The first-order chi connectivity index (χ1) is 15.2. The molecule has 0 amide bonds. The van der Waals surface area contributed by atoms with Gasteiger partial charge in [-0.25, -0.2) is 9.18 Å². The fraction of sp³-hybridized carbons (Fsp3) is 0.435. The van der Waals surface area contributed by atoms with Gasteiger partial charge in [0.2, 0.25) is 0 Å².